The summed E-state index contributed by atoms with van der Waals surface area (Å²) in [6, 6.07) is 0.543. The van der Waals surface area contributed by atoms with E-state index < -0.39 is 0 Å². The fourth-order valence-electron chi connectivity index (χ4n) is 2.68. The largest absolute Gasteiger partial charge is 0.300 e. The second-order valence-corrected chi connectivity index (χ2v) is 5.09. The van der Waals surface area contributed by atoms with E-state index in [-0.39, 0.29) is 0 Å². The average Bonchev–Trinajstić information content (AvgIpc) is 2.52. The Hall–Kier alpha value is -0.370. The molecule has 0 aromatic rings. The van der Waals surface area contributed by atoms with Gasteiger partial charge >= 0.3 is 0 Å². The fraction of sp³-hybridized carbons (Fsp3) is 0.923. The van der Waals surface area contributed by atoms with E-state index in [2.05, 4.69) is 18.7 Å². The van der Waals surface area contributed by atoms with Gasteiger partial charge in [0.25, 0.3) is 0 Å². The van der Waals surface area contributed by atoms with Crippen molar-refractivity contribution in [1.29, 1.82) is 0 Å². The van der Waals surface area contributed by atoms with Gasteiger partial charge in [0.2, 0.25) is 0 Å². The van der Waals surface area contributed by atoms with Crippen LogP contribution in [0.5, 0.6) is 0 Å². The van der Waals surface area contributed by atoms with Crippen LogP contribution in [0.2, 0.25) is 0 Å². The number of hydrogen-bond acceptors (Lipinski definition) is 2. The minimum Gasteiger partial charge on any atom is -0.300 e. The standard InChI is InChI=1S/C13H25NO/c1-4-6-11(2)10-14-8-5-7-13(14)9-12(3)15/h11,13H,4-10H2,1-3H3. The second kappa shape index (κ2) is 6.26. The van der Waals surface area contributed by atoms with Crippen molar-refractivity contribution < 1.29 is 4.79 Å². The molecule has 2 unspecified atom stereocenters. The molecule has 1 saturated heterocycles. The van der Waals surface area contributed by atoms with Crippen LogP contribution < -0.4 is 0 Å². The molecule has 0 aromatic heterocycles. The van der Waals surface area contributed by atoms with E-state index in [1.807, 2.05) is 0 Å². The maximum absolute atomic E-state index is 11.1. The number of hydrogen-bond donors (Lipinski definition) is 0. The van der Waals surface area contributed by atoms with Crippen LogP contribution in [0.4, 0.5) is 0 Å². The lowest BCUT2D eigenvalue weighted by Crippen LogP contribution is -2.34. The maximum atomic E-state index is 11.1. The molecule has 0 saturated carbocycles. The lowest BCUT2D eigenvalue weighted by molar-refractivity contribution is -0.118. The van der Waals surface area contributed by atoms with Gasteiger partial charge in [-0.25, -0.2) is 0 Å². The van der Waals surface area contributed by atoms with E-state index >= 15 is 0 Å². The van der Waals surface area contributed by atoms with Crippen LogP contribution in [0.15, 0.2) is 0 Å². The molecule has 1 rings (SSSR count). The summed E-state index contributed by atoms with van der Waals surface area (Å²) in [4.78, 5) is 13.7. The first-order chi connectivity index (χ1) is 7.13. The molecule has 1 aliphatic rings. The summed E-state index contributed by atoms with van der Waals surface area (Å²) in [6.45, 7) is 8.67. The second-order valence-electron chi connectivity index (χ2n) is 5.09. The first-order valence-electron chi connectivity index (χ1n) is 6.37. The van der Waals surface area contributed by atoms with Crippen molar-refractivity contribution in [3.05, 3.63) is 0 Å². The first kappa shape index (κ1) is 12.7. The number of carbonyl (C=O) groups is 1. The Labute approximate surface area is 94.0 Å². The van der Waals surface area contributed by atoms with Gasteiger partial charge in [-0.15, -0.1) is 0 Å². The van der Waals surface area contributed by atoms with E-state index in [0.717, 1.165) is 12.3 Å². The zero-order valence-electron chi connectivity index (χ0n) is 10.5. The third-order valence-electron chi connectivity index (χ3n) is 3.35. The van der Waals surface area contributed by atoms with Crippen molar-refractivity contribution in [2.24, 2.45) is 5.92 Å². The van der Waals surface area contributed by atoms with E-state index in [9.17, 15) is 4.79 Å². The van der Waals surface area contributed by atoms with Crippen molar-refractivity contribution in [2.75, 3.05) is 13.1 Å². The summed E-state index contributed by atoms with van der Waals surface area (Å²) in [7, 11) is 0. The van der Waals surface area contributed by atoms with Crippen LogP contribution in [0.3, 0.4) is 0 Å². The number of nitrogens with zero attached hydrogens (tertiary/aromatic N) is 1. The minimum atomic E-state index is 0.343. The minimum absolute atomic E-state index is 0.343. The highest BCUT2D eigenvalue weighted by atomic mass is 16.1. The summed E-state index contributed by atoms with van der Waals surface area (Å²) < 4.78 is 0. The summed E-state index contributed by atoms with van der Waals surface area (Å²) in [5.74, 6) is 1.12. The van der Waals surface area contributed by atoms with Crippen LogP contribution in [-0.4, -0.2) is 29.8 Å². The van der Waals surface area contributed by atoms with E-state index in [1.165, 1.54) is 38.8 Å². The summed E-state index contributed by atoms with van der Waals surface area (Å²) in [5.41, 5.74) is 0. The smallest absolute Gasteiger partial charge is 0.131 e. The van der Waals surface area contributed by atoms with Gasteiger partial charge < -0.3 is 0 Å². The zero-order chi connectivity index (χ0) is 11.3. The number of Topliss-reactive ketones (excluding diaryl/α,β-unsaturated/α-hetero) is 1. The number of carbonyl (C=O) groups excluding carboxylic acids is 1. The molecular formula is C13H25NO. The third kappa shape index (κ3) is 4.33. The van der Waals surface area contributed by atoms with Gasteiger partial charge in [-0.3, -0.25) is 9.69 Å². The van der Waals surface area contributed by atoms with Crippen molar-refractivity contribution in [2.45, 2.75) is 58.9 Å². The van der Waals surface area contributed by atoms with Gasteiger partial charge in [0.15, 0.2) is 0 Å². The van der Waals surface area contributed by atoms with E-state index in [4.69, 9.17) is 0 Å². The van der Waals surface area contributed by atoms with Crippen molar-refractivity contribution in [3.8, 4) is 0 Å². The highest BCUT2D eigenvalue weighted by molar-refractivity contribution is 5.76. The van der Waals surface area contributed by atoms with Gasteiger partial charge in [0, 0.05) is 19.0 Å². The molecule has 0 bridgehead atoms. The summed E-state index contributed by atoms with van der Waals surface area (Å²) in [5, 5.41) is 0. The van der Waals surface area contributed by atoms with E-state index in [0.29, 0.717) is 11.8 Å². The molecule has 1 heterocycles. The molecule has 1 fully saturated rings. The third-order valence-corrected chi connectivity index (χ3v) is 3.35. The molecule has 0 amide bonds. The van der Waals surface area contributed by atoms with Gasteiger partial charge in [0.1, 0.15) is 5.78 Å². The summed E-state index contributed by atoms with van der Waals surface area (Å²) in [6.07, 6.45) is 5.84. The molecule has 88 valence electrons. The Bertz CT molecular complexity index is 203. The normalized spacial score (nSPS) is 24.3. The first-order valence-corrected chi connectivity index (χ1v) is 6.37. The molecule has 0 N–H and O–H groups in total. The summed E-state index contributed by atoms with van der Waals surface area (Å²) >= 11 is 0. The molecule has 0 aliphatic carbocycles. The van der Waals surface area contributed by atoms with Crippen molar-refractivity contribution >= 4 is 5.78 Å². The Morgan fingerprint density at radius 1 is 1.53 bits per heavy atom. The van der Waals surface area contributed by atoms with Gasteiger partial charge in [0.05, 0.1) is 0 Å². The number of rotatable bonds is 6. The number of ketones is 1. The monoisotopic (exact) mass is 211 g/mol. The molecular weight excluding hydrogens is 186 g/mol. The topological polar surface area (TPSA) is 20.3 Å². The van der Waals surface area contributed by atoms with Crippen LogP contribution in [0, 0.1) is 5.92 Å². The molecule has 0 spiro atoms. The molecule has 2 atom stereocenters. The van der Waals surface area contributed by atoms with Crippen LogP contribution >= 0.6 is 0 Å². The molecule has 2 nitrogen and oxygen atoms in total. The van der Waals surface area contributed by atoms with Gasteiger partial charge in [-0.05, 0) is 38.6 Å². The predicted molar refractivity (Wildman–Crippen MR) is 64.0 cm³/mol. The highest BCUT2D eigenvalue weighted by Gasteiger charge is 2.26. The van der Waals surface area contributed by atoms with Crippen molar-refractivity contribution in [3.63, 3.8) is 0 Å². The Morgan fingerprint density at radius 3 is 2.87 bits per heavy atom. The Morgan fingerprint density at radius 2 is 2.27 bits per heavy atom. The Kier molecular flexibility index (Phi) is 5.30. The number of likely N-dealkylation sites (tertiary alicyclic amines) is 1. The molecule has 15 heavy (non-hydrogen) atoms. The van der Waals surface area contributed by atoms with Gasteiger partial charge in [-0.2, -0.15) is 0 Å². The molecule has 0 aromatic carbocycles. The quantitative estimate of drug-likeness (QED) is 0.673. The van der Waals surface area contributed by atoms with E-state index in [1.54, 1.807) is 6.92 Å². The highest BCUT2D eigenvalue weighted by Crippen LogP contribution is 2.22. The molecule has 0 radical (unpaired) electrons. The molecule has 1 aliphatic heterocycles. The Balaban J connectivity index is 2.35. The van der Waals surface area contributed by atoms with Crippen molar-refractivity contribution in [1.82, 2.24) is 4.90 Å². The van der Waals surface area contributed by atoms with Crippen LogP contribution in [0.1, 0.15) is 52.9 Å². The van der Waals surface area contributed by atoms with Crippen LogP contribution in [-0.2, 0) is 4.79 Å². The SMILES string of the molecule is CCCC(C)CN1CCCC1CC(C)=O. The predicted octanol–water partition coefficient (Wildman–Crippen LogP) is 2.87. The lowest BCUT2D eigenvalue weighted by Gasteiger charge is -2.26. The maximum Gasteiger partial charge on any atom is 0.131 e. The van der Waals surface area contributed by atoms with Crippen LogP contribution in [0.25, 0.3) is 0 Å². The average molecular weight is 211 g/mol. The fourth-order valence-corrected chi connectivity index (χ4v) is 2.68. The lowest BCUT2D eigenvalue weighted by atomic mass is 10.0. The zero-order valence-corrected chi connectivity index (χ0v) is 10.5. The van der Waals surface area contributed by atoms with Gasteiger partial charge in [-0.1, -0.05) is 20.3 Å². The molecule has 2 heteroatoms.